The molecule has 30 heavy (non-hydrogen) atoms. The Morgan fingerprint density at radius 2 is 1.73 bits per heavy atom. The largest absolute Gasteiger partial charge is 0.350 e. The summed E-state index contributed by atoms with van der Waals surface area (Å²) < 4.78 is 25.2. The number of sulfonamides is 1. The standard InChI is InChI=1S/C23H29N3O3S/c1-23(2,25-12-10-17-6-4-5-7-20(17)15-25)16-24-22(27)19-8-9-21-18(14-19)11-13-26(21)30(3,28)29/h4-9,14H,10-13,15-16H2,1-3H3,(H,24,27). The van der Waals surface area contributed by atoms with Crippen molar-refractivity contribution in [3.05, 3.63) is 64.7 Å². The van der Waals surface area contributed by atoms with Gasteiger partial charge in [0.05, 0.1) is 11.9 Å². The Morgan fingerprint density at radius 3 is 2.47 bits per heavy atom. The molecule has 2 aliphatic rings. The van der Waals surface area contributed by atoms with Crippen molar-refractivity contribution < 1.29 is 13.2 Å². The fraction of sp³-hybridized carbons (Fsp3) is 0.435. The minimum Gasteiger partial charge on any atom is -0.350 e. The van der Waals surface area contributed by atoms with Crippen LogP contribution in [0.2, 0.25) is 0 Å². The number of fused-ring (bicyclic) bond motifs is 2. The van der Waals surface area contributed by atoms with E-state index in [9.17, 15) is 13.2 Å². The maximum Gasteiger partial charge on any atom is 0.251 e. The van der Waals surface area contributed by atoms with Crippen LogP contribution in [0.4, 0.5) is 5.69 Å². The van der Waals surface area contributed by atoms with Crippen molar-refractivity contribution in [3.8, 4) is 0 Å². The fourth-order valence-electron chi connectivity index (χ4n) is 4.38. The molecule has 0 bridgehead atoms. The van der Waals surface area contributed by atoms with E-state index in [1.807, 2.05) is 6.07 Å². The van der Waals surface area contributed by atoms with Gasteiger partial charge >= 0.3 is 0 Å². The van der Waals surface area contributed by atoms with Gasteiger partial charge in [-0.15, -0.1) is 0 Å². The van der Waals surface area contributed by atoms with Gasteiger partial charge in [-0.1, -0.05) is 24.3 Å². The van der Waals surface area contributed by atoms with Crippen LogP contribution in [0, 0.1) is 0 Å². The monoisotopic (exact) mass is 427 g/mol. The minimum absolute atomic E-state index is 0.124. The first kappa shape index (κ1) is 20.9. The lowest BCUT2D eigenvalue weighted by atomic mass is 9.94. The molecule has 1 amide bonds. The Balaban J connectivity index is 1.41. The van der Waals surface area contributed by atoms with Crippen LogP contribution in [-0.4, -0.2) is 50.7 Å². The van der Waals surface area contributed by atoms with Crippen LogP contribution in [0.25, 0.3) is 0 Å². The van der Waals surface area contributed by atoms with Gasteiger partial charge in [-0.3, -0.25) is 14.0 Å². The highest BCUT2D eigenvalue weighted by atomic mass is 32.2. The van der Waals surface area contributed by atoms with Gasteiger partial charge in [-0.25, -0.2) is 8.42 Å². The Labute approximate surface area is 178 Å². The van der Waals surface area contributed by atoms with E-state index in [0.717, 1.165) is 25.1 Å². The molecule has 2 aromatic carbocycles. The van der Waals surface area contributed by atoms with Crippen molar-refractivity contribution in [2.75, 3.05) is 30.2 Å². The summed E-state index contributed by atoms with van der Waals surface area (Å²) in [7, 11) is -3.29. The molecule has 7 heteroatoms. The lowest BCUT2D eigenvalue weighted by molar-refractivity contribution is 0.0826. The van der Waals surface area contributed by atoms with Crippen molar-refractivity contribution in [2.24, 2.45) is 0 Å². The lowest BCUT2D eigenvalue weighted by Crippen LogP contribution is -2.53. The molecular weight excluding hydrogens is 398 g/mol. The molecule has 2 aliphatic heterocycles. The fourth-order valence-corrected chi connectivity index (χ4v) is 5.34. The highest BCUT2D eigenvalue weighted by molar-refractivity contribution is 7.92. The van der Waals surface area contributed by atoms with Crippen molar-refractivity contribution in [2.45, 2.75) is 38.8 Å². The van der Waals surface area contributed by atoms with Crippen LogP contribution in [0.5, 0.6) is 0 Å². The van der Waals surface area contributed by atoms with Gasteiger partial charge in [-0.05, 0) is 61.6 Å². The predicted molar refractivity (Wildman–Crippen MR) is 119 cm³/mol. The summed E-state index contributed by atoms with van der Waals surface area (Å²) in [6.45, 7) is 7.16. The first-order valence-corrected chi connectivity index (χ1v) is 12.2. The number of nitrogens with one attached hydrogen (secondary N) is 1. The van der Waals surface area contributed by atoms with Crippen LogP contribution >= 0.6 is 0 Å². The predicted octanol–water partition coefficient (Wildman–Crippen LogP) is 2.58. The molecule has 2 aromatic rings. The van der Waals surface area contributed by atoms with Crippen LogP contribution in [-0.2, 0) is 29.4 Å². The molecular formula is C23H29N3O3S. The summed E-state index contributed by atoms with van der Waals surface area (Å²) >= 11 is 0. The third kappa shape index (κ3) is 4.09. The zero-order valence-corrected chi connectivity index (χ0v) is 18.6. The third-order valence-electron chi connectivity index (χ3n) is 6.26. The molecule has 2 heterocycles. The molecule has 0 spiro atoms. The van der Waals surface area contributed by atoms with Gasteiger partial charge in [0.25, 0.3) is 5.91 Å². The molecule has 0 saturated carbocycles. The quantitative estimate of drug-likeness (QED) is 0.796. The second kappa shape index (κ2) is 7.71. The topological polar surface area (TPSA) is 69.7 Å². The summed E-state index contributed by atoms with van der Waals surface area (Å²) in [4.78, 5) is 15.2. The molecule has 160 valence electrons. The molecule has 0 saturated heterocycles. The number of nitrogens with zero attached hydrogens (tertiary/aromatic N) is 2. The number of rotatable bonds is 5. The number of hydrogen-bond acceptors (Lipinski definition) is 4. The molecule has 4 rings (SSSR count). The molecule has 1 N–H and O–H groups in total. The SMILES string of the molecule is CC(C)(CNC(=O)c1ccc2c(c1)CCN2S(C)(=O)=O)N1CCc2ccccc2C1. The van der Waals surface area contributed by atoms with E-state index in [4.69, 9.17) is 0 Å². The van der Waals surface area contributed by atoms with E-state index in [1.54, 1.807) is 12.1 Å². The van der Waals surface area contributed by atoms with E-state index >= 15 is 0 Å². The van der Waals surface area contributed by atoms with Gasteiger partial charge in [0, 0.05) is 37.3 Å². The molecule has 0 atom stereocenters. The normalized spacial score (nSPS) is 16.8. The molecule has 0 radical (unpaired) electrons. The second-order valence-electron chi connectivity index (χ2n) is 8.86. The van der Waals surface area contributed by atoms with Crippen molar-refractivity contribution in [1.29, 1.82) is 0 Å². The average Bonchev–Trinajstić information content (AvgIpc) is 3.15. The molecule has 0 unspecified atom stereocenters. The third-order valence-corrected chi connectivity index (χ3v) is 7.44. The van der Waals surface area contributed by atoms with Gasteiger partial charge in [0.15, 0.2) is 0 Å². The van der Waals surface area contributed by atoms with Gasteiger partial charge in [0.1, 0.15) is 0 Å². The molecule has 6 nitrogen and oxygen atoms in total. The number of carbonyl (C=O) groups excluding carboxylic acids is 1. The Morgan fingerprint density at radius 1 is 1.03 bits per heavy atom. The smallest absolute Gasteiger partial charge is 0.251 e. The Kier molecular flexibility index (Phi) is 5.36. The van der Waals surface area contributed by atoms with Gasteiger partial charge < -0.3 is 5.32 Å². The van der Waals surface area contributed by atoms with Crippen molar-refractivity contribution >= 4 is 21.6 Å². The highest BCUT2D eigenvalue weighted by Gasteiger charge is 2.31. The summed E-state index contributed by atoms with van der Waals surface area (Å²) in [6, 6.07) is 13.8. The van der Waals surface area contributed by atoms with E-state index in [0.29, 0.717) is 30.8 Å². The first-order valence-electron chi connectivity index (χ1n) is 10.4. The second-order valence-corrected chi connectivity index (χ2v) is 10.8. The minimum atomic E-state index is -3.29. The van der Waals surface area contributed by atoms with E-state index in [1.165, 1.54) is 21.7 Å². The Hall–Kier alpha value is -2.38. The Bertz CT molecular complexity index is 1080. The zero-order chi connectivity index (χ0) is 21.5. The van der Waals surface area contributed by atoms with Gasteiger partial charge in [0.2, 0.25) is 10.0 Å². The van der Waals surface area contributed by atoms with Gasteiger partial charge in [-0.2, -0.15) is 0 Å². The number of anilines is 1. The highest BCUT2D eigenvalue weighted by Crippen LogP contribution is 2.31. The summed E-state index contributed by atoms with van der Waals surface area (Å²) in [5.41, 5.74) is 4.75. The van der Waals surface area contributed by atoms with Crippen molar-refractivity contribution in [3.63, 3.8) is 0 Å². The maximum atomic E-state index is 12.8. The molecule has 0 aromatic heterocycles. The summed E-state index contributed by atoms with van der Waals surface area (Å²) in [5, 5.41) is 3.08. The summed E-state index contributed by atoms with van der Waals surface area (Å²) in [6.07, 6.45) is 2.86. The lowest BCUT2D eigenvalue weighted by Gasteiger charge is -2.41. The van der Waals surface area contributed by atoms with Crippen LogP contribution in [0.15, 0.2) is 42.5 Å². The maximum absolute atomic E-state index is 12.8. The van der Waals surface area contributed by atoms with Crippen molar-refractivity contribution in [1.82, 2.24) is 10.2 Å². The molecule has 0 fully saturated rings. The molecule has 0 aliphatic carbocycles. The number of amides is 1. The number of carbonyl (C=O) groups is 1. The number of benzene rings is 2. The van der Waals surface area contributed by atoms with Crippen LogP contribution in [0.3, 0.4) is 0 Å². The van der Waals surface area contributed by atoms with Crippen LogP contribution in [0.1, 0.15) is 40.9 Å². The zero-order valence-electron chi connectivity index (χ0n) is 17.8. The number of hydrogen-bond donors (Lipinski definition) is 1. The van der Waals surface area contributed by atoms with E-state index in [2.05, 4.69) is 48.3 Å². The van der Waals surface area contributed by atoms with Crippen LogP contribution < -0.4 is 9.62 Å². The average molecular weight is 428 g/mol. The summed E-state index contributed by atoms with van der Waals surface area (Å²) in [5.74, 6) is -0.124. The van der Waals surface area contributed by atoms with E-state index < -0.39 is 10.0 Å². The van der Waals surface area contributed by atoms with E-state index in [-0.39, 0.29) is 11.4 Å². The first-order chi connectivity index (χ1) is 14.1.